The van der Waals surface area contributed by atoms with Crippen molar-refractivity contribution >= 4 is 5.91 Å². The van der Waals surface area contributed by atoms with Crippen LogP contribution >= 0.6 is 0 Å². The molecule has 2 N–H and O–H groups in total. The van der Waals surface area contributed by atoms with Crippen molar-refractivity contribution in [3.8, 4) is 11.6 Å². The van der Waals surface area contributed by atoms with E-state index < -0.39 is 11.6 Å². The number of pyridine rings is 1. The number of ether oxygens (including phenoxy) is 1. The smallest absolute Gasteiger partial charge is 0.224 e. The molecule has 1 atom stereocenters. The molecule has 2 heterocycles. The van der Waals surface area contributed by atoms with E-state index in [0.29, 0.717) is 12.1 Å². The van der Waals surface area contributed by atoms with Crippen LogP contribution in [0.4, 0.5) is 8.78 Å². The number of aromatic nitrogens is 1. The molecule has 1 aliphatic rings. The lowest BCUT2D eigenvalue weighted by Gasteiger charge is -2.13. The Bertz CT molecular complexity index is 734. The summed E-state index contributed by atoms with van der Waals surface area (Å²) in [5, 5.41) is 6.00. The van der Waals surface area contributed by atoms with Crippen LogP contribution in [-0.2, 0) is 11.3 Å². The number of carbonyl (C=O) groups excluding carboxylic acids is 1. The first-order valence-corrected chi connectivity index (χ1v) is 7.68. The van der Waals surface area contributed by atoms with Crippen molar-refractivity contribution in [2.45, 2.75) is 13.0 Å². The first kappa shape index (κ1) is 16.3. The van der Waals surface area contributed by atoms with E-state index in [1.54, 1.807) is 12.1 Å². The molecule has 1 fully saturated rings. The third-order valence-electron chi connectivity index (χ3n) is 3.84. The van der Waals surface area contributed by atoms with Crippen molar-refractivity contribution in [3.05, 3.63) is 53.7 Å². The van der Waals surface area contributed by atoms with Crippen LogP contribution < -0.4 is 15.4 Å². The van der Waals surface area contributed by atoms with Gasteiger partial charge in [-0.15, -0.1) is 0 Å². The molecular weight excluding hydrogens is 316 g/mol. The lowest BCUT2D eigenvalue weighted by atomic mass is 10.1. The minimum atomic E-state index is -0.994. The monoisotopic (exact) mass is 333 g/mol. The van der Waals surface area contributed by atoms with Gasteiger partial charge in [-0.1, -0.05) is 6.07 Å². The zero-order valence-electron chi connectivity index (χ0n) is 12.9. The van der Waals surface area contributed by atoms with Gasteiger partial charge in [0.1, 0.15) is 5.75 Å². The number of rotatable bonds is 5. The molecule has 24 heavy (non-hydrogen) atoms. The molecule has 2 aromatic rings. The van der Waals surface area contributed by atoms with Crippen molar-refractivity contribution in [3.63, 3.8) is 0 Å². The predicted octanol–water partition coefficient (Wildman–Crippen LogP) is 2.38. The normalized spacial score (nSPS) is 16.8. The van der Waals surface area contributed by atoms with Crippen LogP contribution in [0.15, 0.2) is 36.5 Å². The second-order valence-corrected chi connectivity index (χ2v) is 5.55. The van der Waals surface area contributed by atoms with Gasteiger partial charge < -0.3 is 15.4 Å². The number of amides is 1. The van der Waals surface area contributed by atoms with E-state index in [-0.39, 0.29) is 30.0 Å². The van der Waals surface area contributed by atoms with Crippen molar-refractivity contribution in [2.75, 3.05) is 13.1 Å². The van der Waals surface area contributed by atoms with E-state index >= 15 is 0 Å². The van der Waals surface area contributed by atoms with E-state index in [1.165, 1.54) is 12.3 Å². The quantitative estimate of drug-likeness (QED) is 0.882. The first-order chi connectivity index (χ1) is 11.6. The number of halogens is 2. The van der Waals surface area contributed by atoms with Crippen molar-refractivity contribution in [2.24, 2.45) is 5.92 Å². The summed E-state index contributed by atoms with van der Waals surface area (Å²) < 4.78 is 31.8. The molecule has 0 spiro atoms. The van der Waals surface area contributed by atoms with Crippen molar-refractivity contribution in [1.82, 2.24) is 15.6 Å². The van der Waals surface area contributed by atoms with Gasteiger partial charge in [0.2, 0.25) is 11.8 Å². The van der Waals surface area contributed by atoms with Gasteiger partial charge in [0, 0.05) is 30.9 Å². The molecule has 1 aromatic carbocycles. The van der Waals surface area contributed by atoms with Crippen molar-refractivity contribution in [1.29, 1.82) is 0 Å². The first-order valence-electron chi connectivity index (χ1n) is 7.68. The highest BCUT2D eigenvalue weighted by atomic mass is 19.2. The van der Waals surface area contributed by atoms with Gasteiger partial charge in [0.15, 0.2) is 11.6 Å². The minimum Gasteiger partial charge on any atom is -0.439 e. The number of hydrogen-bond donors (Lipinski definition) is 2. The van der Waals surface area contributed by atoms with Gasteiger partial charge in [0.25, 0.3) is 0 Å². The van der Waals surface area contributed by atoms with Crippen LogP contribution in [0.3, 0.4) is 0 Å². The number of hydrogen-bond acceptors (Lipinski definition) is 4. The zero-order valence-corrected chi connectivity index (χ0v) is 12.9. The van der Waals surface area contributed by atoms with Crippen LogP contribution in [0.5, 0.6) is 11.6 Å². The fourth-order valence-electron chi connectivity index (χ4n) is 2.51. The van der Waals surface area contributed by atoms with Crippen LogP contribution in [0.1, 0.15) is 12.0 Å². The summed E-state index contributed by atoms with van der Waals surface area (Å²) in [4.78, 5) is 16.2. The molecule has 0 unspecified atom stereocenters. The minimum absolute atomic E-state index is 0.0253. The standard InChI is InChI=1S/C17H17F2N3O2/c18-14-4-3-13(8-15(14)19)24-17-12(2-1-6-21-17)10-22-16(23)11-5-7-20-9-11/h1-4,6,8,11,20H,5,7,9-10H2,(H,22,23)/t11-/m1/s1. The summed E-state index contributed by atoms with van der Waals surface area (Å²) in [5.41, 5.74) is 0.654. The Kier molecular flexibility index (Phi) is 5.00. The summed E-state index contributed by atoms with van der Waals surface area (Å²) in [7, 11) is 0. The number of nitrogens with zero attached hydrogens (tertiary/aromatic N) is 1. The molecule has 1 saturated heterocycles. The molecule has 3 rings (SSSR count). The Labute approximate surface area is 138 Å². The Morgan fingerprint density at radius 1 is 1.33 bits per heavy atom. The molecule has 1 amide bonds. The summed E-state index contributed by atoms with van der Waals surface area (Å²) >= 11 is 0. The molecule has 126 valence electrons. The maximum absolute atomic E-state index is 13.3. The second-order valence-electron chi connectivity index (χ2n) is 5.55. The lowest BCUT2D eigenvalue weighted by molar-refractivity contribution is -0.124. The van der Waals surface area contributed by atoms with Gasteiger partial charge in [-0.2, -0.15) is 0 Å². The van der Waals surface area contributed by atoms with E-state index in [1.807, 2.05) is 0 Å². The summed E-state index contributed by atoms with van der Waals surface area (Å²) in [5.74, 6) is -1.61. The molecule has 1 aromatic heterocycles. The van der Waals surface area contributed by atoms with Gasteiger partial charge >= 0.3 is 0 Å². The van der Waals surface area contributed by atoms with Gasteiger partial charge in [-0.3, -0.25) is 4.79 Å². The number of carbonyl (C=O) groups is 1. The highest BCUT2D eigenvalue weighted by Gasteiger charge is 2.22. The molecule has 7 heteroatoms. The second kappa shape index (κ2) is 7.35. The maximum Gasteiger partial charge on any atom is 0.224 e. The Balaban J connectivity index is 1.68. The van der Waals surface area contributed by atoms with Crippen LogP contribution in [0, 0.1) is 17.6 Å². The molecular formula is C17H17F2N3O2. The number of benzene rings is 1. The largest absolute Gasteiger partial charge is 0.439 e. The van der Waals surface area contributed by atoms with Gasteiger partial charge in [-0.05, 0) is 31.2 Å². The van der Waals surface area contributed by atoms with Gasteiger partial charge in [-0.25, -0.2) is 13.8 Å². The summed E-state index contributed by atoms with van der Waals surface area (Å²) in [6.07, 6.45) is 2.35. The molecule has 0 bridgehead atoms. The lowest BCUT2D eigenvalue weighted by Crippen LogP contribution is -2.31. The molecule has 1 aliphatic heterocycles. The summed E-state index contributed by atoms with van der Waals surface area (Å²) in [6, 6.07) is 6.74. The zero-order chi connectivity index (χ0) is 16.9. The van der Waals surface area contributed by atoms with E-state index in [0.717, 1.165) is 25.1 Å². The third kappa shape index (κ3) is 3.86. The van der Waals surface area contributed by atoms with Gasteiger partial charge in [0.05, 0.1) is 5.92 Å². The molecule has 0 saturated carbocycles. The SMILES string of the molecule is O=C(NCc1cccnc1Oc1ccc(F)c(F)c1)[C@@H]1CCNC1. The Morgan fingerprint density at radius 3 is 2.96 bits per heavy atom. The highest BCUT2D eigenvalue weighted by Crippen LogP contribution is 2.24. The number of nitrogens with one attached hydrogen (secondary N) is 2. The fraction of sp³-hybridized carbons (Fsp3) is 0.294. The van der Waals surface area contributed by atoms with E-state index in [4.69, 9.17) is 4.74 Å². The van der Waals surface area contributed by atoms with Crippen molar-refractivity contribution < 1.29 is 18.3 Å². The molecule has 5 nitrogen and oxygen atoms in total. The Hall–Kier alpha value is -2.54. The predicted molar refractivity (Wildman–Crippen MR) is 83.5 cm³/mol. The van der Waals surface area contributed by atoms with E-state index in [9.17, 15) is 13.6 Å². The highest BCUT2D eigenvalue weighted by molar-refractivity contribution is 5.79. The average Bonchev–Trinajstić information content (AvgIpc) is 3.12. The van der Waals surface area contributed by atoms with Crippen LogP contribution in [0.2, 0.25) is 0 Å². The third-order valence-corrected chi connectivity index (χ3v) is 3.84. The summed E-state index contributed by atoms with van der Waals surface area (Å²) in [6.45, 7) is 1.77. The average molecular weight is 333 g/mol. The van der Waals surface area contributed by atoms with E-state index in [2.05, 4.69) is 15.6 Å². The topological polar surface area (TPSA) is 63.2 Å². The molecule has 0 aliphatic carbocycles. The Morgan fingerprint density at radius 2 is 2.21 bits per heavy atom. The van der Waals surface area contributed by atoms with Crippen LogP contribution in [-0.4, -0.2) is 24.0 Å². The fourth-order valence-corrected chi connectivity index (χ4v) is 2.51. The molecule has 0 radical (unpaired) electrons. The maximum atomic E-state index is 13.3. The van der Waals surface area contributed by atoms with Crippen LogP contribution in [0.25, 0.3) is 0 Å².